The highest BCUT2D eigenvalue weighted by Gasteiger charge is 2.31. The highest BCUT2D eigenvalue weighted by atomic mass is 16.6. The molecule has 1 aliphatic heterocycles. The van der Waals surface area contributed by atoms with Crippen LogP contribution >= 0.6 is 0 Å². The predicted molar refractivity (Wildman–Crippen MR) is 98.1 cm³/mol. The number of methoxy groups -OCH3 is 1. The highest BCUT2D eigenvalue weighted by molar-refractivity contribution is 5.68. The molecule has 0 radical (unpaired) electrons. The summed E-state index contributed by atoms with van der Waals surface area (Å²) in [6, 6.07) is 6.89. The Morgan fingerprint density at radius 3 is 2.52 bits per heavy atom. The fourth-order valence-electron chi connectivity index (χ4n) is 3.80. The molecule has 5 heteroatoms. The minimum Gasteiger partial charge on any atom is -0.497 e. The van der Waals surface area contributed by atoms with Gasteiger partial charge in [0, 0.05) is 32.2 Å². The van der Waals surface area contributed by atoms with Gasteiger partial charge in [-0.2, -0.15) is 0 Å². The molecule has 1 saturated heterocycles. The maximum Gasteiger partial charge on any atom is 0.410 e. The van der Waals surface area contributed by atoms with E-state index in [1.54, 1.807) is 7.11 Å². The molecule has 5 nitrogen and oxygen atoms in total. The number of rotatable bonds is 2. The second-order valence-electron chi connectivity index (χ2n) is 7.98. The first kappa shape index (κ1) is 18.1. The number of hydrogen-bond acceptors (Lipinski definition) is 4. The third-order valence-electron chi connectivity index (χ3n) is 5.04. The monoisotopic (exact) mass is 346 g/mol. The lowest BCUT2D eigenvalue weighted by atomic mass is 9.86. The molecular formula is C20H30N2O3. The molecular weight excluding hydrogens is 316 g/mol. The molecule has 1 heterocycles. The van der Waals surface area contributed by atoms with E-state index < -0.39 is 5.60 Å². The molecule has 138 valence electrons. The molecule has 0 bridgehead atoms. The molecule has 1 atom stereocenters. The van der Waals surface area contributed by atoms with Crippen LogP contribution in [0, 0.1) is 0 Å². The summed E-state index contributed by atoms with van der Waals surface area (Å²) in [5.41, 5.74) is 2.40. The van der Waals surface area contributed by atoms with Gasteiger partial charge in [-0.25, -0.2) is 4.79 Å². The molecule has 2 aliphatic rings. The van der Waals surface area contributed by atoms with Crippen LogP contribution in [0.5, 0.6) is 5.75 Å². The zero-order valence-corrected chi connectivity index (χ0v) is 15.9. The molecule has 25 heavy (non-hydrogen) atoms. The minimum atomic E-state index is -0.437. The van der Waals surface area contributed by atoms with Crippen molar-refractivity contribution < 1.29 is 14.3 Å². The summed E-state index contributed by atoms with van der Waals surface area (Å²) in [4.78, 5) is 16.6. The van der Waals surface area contributed by atoms with Crippen molar-refractivity contribution in [1.82, 2.24) is 9.80 Å². The van der Waals surface area contributed by atoms with Gasteiger partial charge in [0.05, 0.1) is 7.11 Å². The van der Waals surface area contributed by atoms with Gasteiger partial charge in [0.25, 0.3) is 0 Å². The Balaban J connectivity index is 1.65. The predicted octanol–water partition coefficient (Wildman–Crippen LogP) is 3.63. The number of carbonyl (C=O) groups excluding carboxylic acids is 1. The molecule has 0 spiro atoms. The van der Waals surface area contributed by atoms with Crippen LogP contribution in [-0.4, -0.2) is 54.8 Å². The summed E-state index contributed by atoms with van der Waals surface area (Å²) in [5.74, 6) is 0.929. The number of benzene rings is 1. The summed E-state index contributed by atoms with van der Waals surface area (Å²) in [5, 5.41) is 0. The molecule has 3 rings (SSSR count). The SMILES string of the molecule is COc1ccc2c(c1)[C@@H](N1CCN(C(=O)OC(C)(C)C)CC1)CCC2. The van der Waals surface area contributed by atoms with Crippen molar-refractivity contribution >= 4 is 6.09 Å². The number of nitrogens with zero attached hydrogens (tertiary/aromatic N) is 2. The van der Waals surface area contributed by atoms with E-state index in [0.29, 0.717) is 6.04 Å². The first-order chi connectivity index (χ1) is 11.9. The van der Waals surface area contributed by atoms with Crippen LogP contribution in [0.15, 0.2) is 18.2 Å². The molecule has 1 aromatic carbocycles. The average Bonchev–Trinajstić information content (AvgIpc) is 2.59. The standard InChI is InChI=1S/C20H30N2O3/c1-20(2,3)25-19(23)22-12-10-21(11-13-22)18-7-5-6-15-8-9-16(24-4)14-17(15)18/h8-9,14,18H,5-7,10-13H2,1-4H3/t18-/m0/s1. The van der Waals surface area contributed by atoms with E-state index >= 15 is 0 Å². The smallest absolute Gasteiger partial charge is 0.410 e. The van der Waals surface area contributed by atoms with Crippen molar-refractivity contribution in [3.8, 4) is 5.75 Å². The van der Waals surface area contributed by atoms with E-state index in [0.717, 1.165) is 38.3 Å². The van der Waals surface area contributed by atoms with Gasteiger partial charge in [0.1, 0.15) is 11.4 Å². The Labute approximate surface area is 150 Å². The topological polar surface area (TPSA) is 42.0 Å². The van der Waals surface area contributed by atoms with Crippen molar-refractivity contribution in [1.29, 1.82) is 0 Å². The lowest BCUT2D eigenvalue weighted by Gasteiger charge is -2.41. The minimum absolute atomic E-state index is 0.196. The fraction of sp³-hybridized carbons (Fsp3) is 0.650. The van der Waals surface area contributed by atoms with Crippen LogP contribution in [0.2, 0.25) is 0 Å². The summed E-state index contributed by atoms with van der Waals surface area (Å²) < 4.78 is 10.9. The summed E-state index contributed by atoms with van der Waals surface area (Å²) in [6.45, 7) is 8.96. The Morgan fingerprint density at radius 1 is 1.16 bits per heavy atom. The van der Waals surface area contributed by atoms with Crippen molar-refractivity contribution in [2.45, 2.75) is 51.7 Å². The van der Waals surface area contributed by atoms with Crippen molar-refractivity contribution in [3.63, 3.8) is 0 Å². The molecule has 1 aromatic rings. The molecule has 0 saturated carbocycles. The second-order valence-corrected chi connectivity index (χ2v) is 7.98. The van der Waals surface area contributed by atoms with Gasteiger partial charge in [0.2, 0.25) is 0 Å². The van der Waals surface area contributed by atoms with Crippen molar-refractivity contribution in [2.24, 2.45) is 0 Å². The number of hydrogen-bond donors (Lipinski definition) is 0. The van der Waals surface area contributed by atoms with Gasteiger partial charge < -0.3 is 14.4 Å². The first-order valence-corrected chi connectivity index (χ1v) is 9.26. The zero-order valence-electron chi connectivity index (χ0n) is 15.9. The molecule has 1 amide bonds. The number of amides is 1. The van der Waals surface area contributed by atoms with E-state index in [2.05, 4.69) is 23.1 Å². The van der Waals surface area contributed by atoms with Crippen LogP contribution in [0.25, 0.3) is 0 Å². The summed E-state index contributed by atoms with van der Waals surface area (Å²) in [7, 11) is 1.72. The molecule has 0 N–H and O–H groups in total. The van der Waals surface area contributed by atoms with Gasteiger partial charge in [-0.1, -0.05) is 6.07 Å². The molecule has 1 aliphatic carbocycles. The Morgan fingerprint density at radius 2 is 1.88 bits per heavy atom. The second kappa shape index (κ2) is 7.24. The van der Waals surface area contributed by atoms with Crippen LogP contribution in [0.4, 0.5) is 4.79 Å². The van der Waals surface area contributed by atoms with E-state index in [1.807, 2.05) is 25.7 Å². The Hall–Kier alpha value is -1.75. The largest absolute Gasteiger partial charge is 0.497 e. The number of aryl methyl sites for hydroxylation is 1. The molecule has 0 unspecified atom stereocenters. The van der Waals surface area contributed by atoms with Gasteiger partial charge in [-0.05, 0) is 63.3 Å². The van der Waals surface area contributed by atoms with E-state index in [9.17, 15) is 4.79 Å². The lowest BCUT2D eigenvalue weighted by Crippen LogP contribution is -2.51. The van der Waals surface area contributed by atoms with E-state index in [-0.39, 0.29) is 6.09 Å². The van der Waals surface area contributed by atoms with Crippen LogP contribution in [0.1, 0.15) is 50.8 Å². The molecule has 1 fully saturated rings. The average molecular weight is 346 g/mol. The number of carbonyl (C=O) groups is 1. The third kappa shape index (κ3) is 4.27. The fourth-order valence-corrected chi connectivity index (χ4v) is 3.80. The van der Waals surface area contributed by atoms with Crippen molar-refractivity contribution in [3.05, 3.63) is 29.3 Å². The number of ether oxygens (including phenoxy) is 2. The lowest BCUT2D eigenvalue weighted by molar-refractivity contribution is 0.00926. The van der Waals surface area contributed by atoms with Gasteiger partial charge in [-0.3, -0.25) is 4.90 Å². The normalized spacial score (nSPS) is 21.6. The van der Waals surface area contributed by atoms with Gasteiger partial charge in [-0.15, -0.1) is 0 Å². The van der Waals surface area contributed by atoms with Crippen LogP contribution < -0.4 is 4.74 Å². The highest BCUT2D eigenvalue weighted by Crippen LogP contribution is 2.36. The maximum absolute atomic E-state index is 12.2. The van der Waals surface area contributed by atoms with Gasteiger partial charge in [0.15, 0.2) is 0 Å². The number of piperazine rings is 1. The Bertz CT molecular complexity index is 616. The van der Waals surface area contributed by atoms with E-state index in [1.165, 1.54) is 24.0 Å². The van der Waals surface area contributed by atoms with E-state index in [4.69, 9.17) is 9.47 Å². The quantitative estimate of drug-likeness (QED) is 0.820. The third-order valence-corrected chi connectivity index (χ3v) is 5.04. The maximum atomic E-state index is 12.2. The van der Waals surface area contributed by atoms with Crippen molar-refractivity contribution in [2.75, 3.05) is 33.3 Å². The number of fused-ring (bicyclic) bond motifs is 1. The van der Waals surface area contributed by atoms with Gasteiger partial charge >= 0.3 is 6.09 Å². The first-order valence-electron chi connectivity index (χ1n) is 9.26. The Kier molecular flexibility index (Phi) is 5.23. The van der Waals surface area contributed by atoms with Crippen LogP contribution in [0.3, 0.4) is 0 Å². The molecule has 0 aromatic heterocycles. The summed E-state index contributed by atoms with van der Waals surface area (Å²) in [6.07, 6.45) is 3.34. The zero-order chi connectivity index (χ0) is 18.0. The summed E-state index contributed by atoms with van der Waals surface area (Å²) >= 11 is 0. The van der Waals surface area contributed by atoms with Crippen LogP contribution in [-0.2, 0) is 11.2 Å².